The van der Waals surface area contributed by atoms with Gasteiger partial charge in [0.15, 0.2) is 0 Å². The van der Waals surface area contributed by atoms with Crippen LogP contribution in [0.1, 0.15) is 55.7 Å². The Morgan fingerprint density at radius 1 is 1.23 bits per heavy atom. The molecule has 0 aliphatic carbocycles. The van der Waals surface area contributed by atoms with Gasteiger partial charge in [-0.05, 0) is 81.0 Å². The summed E-state index contributed by atoms with van der Waals surface area (Å²) >= 11 is 6.16. The van der Waals surface area contributed by atoms with E-state index >= 15 is 4.39 Å². The van der Waals surface area contributed by atoms with Gasteiger partial charge in [0.1, 0.15) is 5.82 Å². The maximum Gasteiger partial charge on any atom is 0.242 e. The number of pyridine rings is 1. The number of ether oxygens (including phenoxy) is 1. The predicted molar refractivity (Wildman–Crippen MR) is 174 cm³/mol. The average Bonchev–Trinajstić information content (AvgIpc) is 3.09. The van der Waals surface area contributed by atoms with E-state index in [1.54, 1.807) is 46.9 Å². The third-order valence-electron chi connectivity index (χ3n) is 8.27. The van der Waals surface area contributed by atoms with Crippen LogP contribution >= 0.6 is 22.4 Å². The third-order valence-corrected chi connectivity index (χ3v) is 10.6. The van der Waals surface area contributed by atoms with Gasteiger partial charge in [-0.2, -0.15) is 0 Å². The number of nitrogens with two attached hydrogens (primary N) is 1. The van der Waals surface area contributed by atoms with Crippen LogP contribution in [0.15, 0.2) is 60.8 Å². The minimum absolute atomic E-state index is 0.0899. The van der Waals surface area contributed by atoms with E-state index in [1.807, 2.05) is 26.0 Å². The lowest BCUT2D eigenvalue weighted by Crippen LogP contribution is -2.55. The van der Waals surface area contributed by atoms with E-state index < -0.39 is 34.5 Å². The molecule has 1 amide bonds. The number of fused-ring (bicyclic) bond motifs is 2. The molecule has 3 heterocycles. The number of rotatable bonds is 10. The highest BCUT2D eigenvalue weighted by atomic mass is 35.5. The highest BCUT2D eigenvalue weighted by molar-refractivity contribution is 8.22. The summed E-state index contributed by atoms with van der Waals surface area (Å²) in [6, 6.07) is 14.3. The fourth-order valence-electron chi connectivity index (χ4n) is 6.08. The Labute approximate surface area is 264 Å². The molecule has 5 atom stereocenters. The SMILES string of the molecule is CC(C)Oc1cc([C@H](c2ccc(Cl)cc2)[C@H](N)C(=O)Nc2cccc(F)c2CCC2CNC3CCCS(O)(O)N2C3)ccn1. The van der Waals surface area contributed by atoms with Crippen molar-refractivity contribution in [2.75, 3.05) is 24.2 Å². The van der Waals surface area contributed by atoms with Crippen molar-refractivity contribution in [1.82, 2.24) is 14.6 Å². The van der Waals surface area contributed by atoms with E-state index in [0.717, 1.165) is 24.0 Å². The third kappa shape index (κ3) is 7.71. The van der Waals surface area contributed by atoms with Crippen LogP contribution in [-0.2, 0) is 11.2 Å². The van der Waals surface area contributed by atoms with Crippen LogP contribution in [0.2, 0.25) is 5.02 Å². The van der Waals surface area contributed by atoms with Gasteiger partial charge in [0, 0.05) is 59.6 Å². The number of benzene rings is 2. The number of nitrogens with one attached hydrogen (secondary N) is 2. The molecule has 2 bridgehead atoms. The molecule has 5 rings (SSSR count). The first-order chi connectivity index (χ1) is 21.0. The first kappa shape index (κ1) is 32.6. The minimum Gasteiger partial charge on any atom is -0.475 e. The molecule has 3 unspecified atom stereocenters. The monoisotopic (exact) mass is 645 g/mol. The van der Waals surface area contributed by atoms with Crippen molar-refractivity contribution in [2.45, 2.75) is 69.7 Å². The van der Waals surface area contributed by atoms with E-state index in [2.05, 4.69) is 15.6 Å². The fourth-order valence-corrected chi connectivity index (χ4v) is 8.07. The number of halogens is 2. The summed E-state index contributed by atoms with van der Waals surface area (Å²) in [5, 5.41) is 6.94. The summed E-state index contributed by atoms with van der Waals surface area (Å²) in [7, 11) is -2.88. The lowest BCUT2D eigenvalue weighted by molar-refractivity contribution is -0.117. The standard InChI is InChI=1S/C32H41ClFN5O4S/c1-20(2)43-29-17-22(14-15-36-29)30(21-8-10-23(33)11-9-21)31(35)32(40)38-28-7-3-6-27(34)26(28)13-12-25-18-37-24-5-4-16-44(41,42)39(25)19-24/h3,6-11,14-15,17,20,24-25,30-31,37,41-42H,4-5,12-13,16,18-19,35H2,1-2H3,(H,38,40)/t24?,25?,30-,31-/m0/s1. The van der Waals surface area contributed by atoms with Gasteiger partial charge in [-0.3, -0.25) is 13.9 Å². The number of carbonyl (C=O) groups is 1. The van der Waals surface area contributed by atoms with Crippen LogP contribution in [0.4, 0.5) is 10.1 Å². The van der Waals surface area contributed by atoms with Crippen molar-refractivity contribution in [1.29, 1.82) is 0 Å². The van der Waals surface area contributed by atoms with Gasteiger partial charge in [-0.15, -0.1) is 10.8 Å². The molecule has 2 aromatic carbocycles. The van der Waals surface area contributed by atoms with Crippen LogP contribution in [0.5, 0.6) is 5.88 Å². The Kier molecular flexibility index (Phi) is 10.5. The van der Waals surface area contributed by atoms with E-state index in [-0.39, 0.29) is 18.2 Å². The normalized spacial score (nSPS) is 23.3. The van der Waals surface area contributed by atoms with E-state index in [4.69, 9.17) is 22.1 Å². The molecule has 6 N–H and O–H groups in total. The molecule has 2 fully saturated rings. The van der Waals surface area contributed by atoms with Crippen molar-refractivity contribution < 1.29 is 23.0 Å². The highest BCUT2D eigenvalue weighted by Crippen LogP contribution is 2.49. The Morgan fingerprint density at radius 2 is 2.00 bits per heavy atom. The maximum absolute atomic E-state index is 15.3. The summed E-state index contributed by atoms with van der Waals surface area (Å²) in [6.07, 6.45) is 3.94. The number of piperazine rings is 1. The van der Waals surface area contributed by atoms with Gasteiger partial charge < -0.3 is 21.1 Å². The van der Waals surface area contributed by atoms with Crippen LogP contribution in [0, 0.1) is 5.82 Å². The second kappa shape index (κ2) is 14.1. The Balaban J connectivity index is 1.37. The molecule has 2 aliphatic heterocycles. The van der Waals surface area contributed by atoms with E-state index in [9.17, 15) is 13.9 Å². The number of carbonyl (C=O) groups excluding carboxylic acids is 1. The van der Waals surface area contributed by atoms with Gasteiger partial charge in [0.2, 0.25) is 11.8 Å². The molecule has 0 radical (unpaired) electrons. The summed E-state index contributed by atoms with van der Waals surface area (Å²) in [5.74, 6) is -0.738. The zero-order valence-corrected chi connectivity index (χ0v) is 26.5. The number of amides is 1. The molecule has 9 nitrogen and oxygen atoms in total. The van der Waals surface area contributed by atoms with Crippen LogP contribution in [-0.4, -0.2) is 67.4 Å². The summed E-state index contributed by atoms with van der Waals surface area (Å²) in [6.45, 7) is 4.94. The zero-order valence-electron chi connectivity index (χ0n) is 25.0. The van der Waals surface area contributed by atoms with E-state index in [1.165, 1.54) is 6.07 Å². The first-order valence-electron chi connectivity index (χ1n) is 15.0. The molecular formula is C32H41ClFN5O4S. The molecule has 3 aromatic rings. The summed E-state index contributed by atoms with van der Waals surface area (Å²) < 4.78 is 44.5. The van der Waals surface area contributed by atoms with Crippen molar-refractivity contribution in [3.05, 3.63) is 88.3 Å². The minimum atomic E-state index is -2.88. The molecule has 238 valence electrons. The largest absolute Gasteiger partial charge is 0.475 e. The molecule has 0 saturated carbocycles. The molecular weight excluding hydrogens is 605 g/mol. The fraction of sp³-hybridized carbons (Fsp3) is 0.438. The summed E-state index contributed by atoms with van der Waals surface area (Å²) in [5.41, 5.74) is 8.87. The molecule has 44 heavy (non-hydrogen) atoms. The van der Waals surface area contributed by atoms with Crippen molar-refractivity contribution in [3.63, 3.8) is 0 Å². The molecule has 0 spiro atoms. The summed E-state index contributed by atoms with van der Waals surface area (Å²) in [4.78, 5) is 18.0. The second-order valence-corrected chi connectivity index (χ2v) is 14.4. The maximum atomic E-state index is 15.3. The highest BCUT2D eigenvalue weighted by Gasteiger charge is 2.38. The second-order valence-electron chi connectivity index (χ2n) is 11.8. The first-order valence-corrected chi connectivity index (χ1v) is 17.0. The Hall–Kier alpha value is -2.77. The Morgan fingerprint density at radius 3 is 2.75 bits per heavy atom. The van der Waals surface area contributed by atoms with E-state index in [0.29, 0.717) is 53.8 Å². The molecule has 2 aliphatic rings. The van der Waals surface area contributed by atoms with Crippen LogP contribution in [0.3, 0.4) is 0 Å². The average molecular weight is 646 g/mol. The lowest BCUT2D eigenvalue weighted by atomic mass is 9.85. The number of hydrogen-bond donors (Lipinski definition) is 5. The van der Waals surface area contributed by atoms with Gasteiger partial charge in [-0.25, -0.2) is 13.7 Å². The van der Waals surface area contributed by atoms with Gasteiger partial charge in [0.25, 0.3) is 0 Å². The predicted octanol–water partition coefficient (Wildman–Crippen LogP) is 5.79. The van der Waals surface area contributed by atoms with Crippen LogP contribution in [0.25, 0.3) is 0 Å². The molecule has 2 saturated heterocycles. The van der Waals surface area contributed by atoms with Crippen molar-refractivity contribution in [3.8, 4) is 5.88 Å². The van der Waals surface area contributed by atoms with Crippen molar-refractivity contribution in [2.24, 2.45) is 5.73 Å². The quantitative estimate of drug-likeness (QED) is 0.187. The van der Waals surface area contributed by atoms with Gasteiger partial charge in [0.05, 0.1) is 17.9 Å². The smallest absolute Gasteiger partial charge is 0.242 e. The lowest BCUT2D eigenvalue weighted by Gasteiger charge is -2.49. The number of hydrogen-bond acceptors (Lipinski definition) is 8. The Bertz CT molecular complexity index is 1450. The van der Waals surface area contributed by atoms with Crippen LogP contribution < -0.4 is 21.1 Å². The molecule has 12 heteroatoms. The topological polar surface area (TPSA) is 133 Å². The van der Waals surface area contributed by atoms with Gasteiger partial charge >= 0.3 is 0 Å². The number of aromatic nitrogens is 1. The number of anilines is 1. The zero-order chi connectivity index (χ0) is 31.4. The van der Waals surface area contributed by atoms with Crippen molar-refractivity contribution >= 4 is 34.0 Å². The van der Waals surface area contributed by atoms with Gasteiger partial charge in [-0.1, -0.05) is 29.8 Å². The molecule has 1 aromatic heterocycles. The number of nitrogens with zero attached hydrogens (tertiary/aromatic N) is 2.